The van der Waals surface area contributed by atoms with Gasteiger partial charge in [-0.2, -0.15) is 5.10 Å². The molecule has 1 unspecified atom stereocenters. The summed E-state index contributed by atoms with van der Waals surface area (Å²) in [5, 5.41) is 7.51. The number of hydrogen-bond donors (Lipinski definition) is 1. The minimum atomic E-state index is -0.640. The highest BCUT2D eigenvalue weighted by Gasteiger charge is 2.35. The van der Waals surface area contributed by atoms with E-state index in [1.165, 1.54) is 24.5 Å². The highest BCUT2D eigenvalue weighted by atomic mass is 35.5. The number of amides is 1. The van der Waals surface area contributed by atoms with Gasteiger partial charge in [0.05, 0.1) is 6.04 Å². The molecule has 1 N–H and O–H groups in total. The molecule has 2 aromatic heterocycles. The Morgan fingerprint density at radius 3 is 2.74 bits per heavy atom. The number of ether oxygens (including phenoxy) is 1. The molecule has 0 bridgehead atoms. The van der Waals surface area contributed by atoms with E-state index in [4.69, 9.17) is 16.3 Å². The van der Waals surface area contributed by atoms with Crippen LogP contribution in [0.3, 0.4) is 0 Å². The van der Waals surface area contributed by atoms with Crippen LogP contribution < -0.4 is 10.1 Å². The summed E-state index contributed by atoms with van der Waals surface area (Å²) in [6.07, 6.45) is 3.33. The minimum absolute atomic E-state index is 0.279. The number of benzene rings is 3. The van der Waals surface area contributed by atoms with Gasteiger partial charge in [-0.3, -0.25) is 4.79 Å². The van der Waals surface area contributed by atoms with Crippen LogP contribution in [0.4, 0.5) is 4.39 Å². The van der Waals surface area contributed by atoms with E-state index >= 15 is 0 Å². The Balaban J connectivity index is 1.50. The largest absolute Gasteiger partial charge is 0.488 e. The zero-order chi connectivity index (χ0) is 23.9. The van der Waals surface area contributed by atoms with Gasteiger partial charge in [0.25, 0.3) is 5.91 Å². The predicted octanol–water partition coefficient (Wildman–Crippen LogP) is 5.60. The van der Waals surface area contributed by atoms with E-state index in [-0.39, 0.29) is 5.91 Å². The molecule has 8 heteroatoms. The standard InChI is InChI=1S/C27H18ClFN4O2/c28-22-8-7-19(29)12-20(22)26-25-21(27(34)32-26)10-18(17-6-9-24-30-15-31-33(24)13-17)11-23(25)35-14-16-4-2-1-3-5-16/h1-13,15,26H,14H2,(H,32,34). The molecule has 0 radical (unpaired) electrons. The average molecular weight is 485 g/mol. The number of hydrogen-bond acceptors (Lipinski definition) is 4. The topological polar surface area (TPSA) is 68.5 Å². The Morgan fingerprint density at radius 2 is 1.89 bits per heavy atom. The van der Waals surface area contributed by atoms with E-state index in [2.05, 4.69) is 15.4 Å². The van der Waals surface area contributed by atoms with E-state index < -0.39 is 11.9 Å². The Morgan fingerprint density at radius 1 is 1.03 bits per heavy atom. The third kappa shape index (κ3) is 3.90. The molecule has 1 atom stereocenters. The highest BCUT2D eigenvalue weighted by Crippen LogP contribution is 2.43. The van der Waals surface area contributed by atoms with Gasteiger partial charge in [-0.15, -0.1) is 0 Å². The molecule has 172 valence electrons. The van der Waals surface area contributed by atoms with Gasteiger partial charge in [0.2, 0.25) is 0 Å². The average Bonchev–Trinajstić information content (AvgIpc) is 3.48. The number of nitrogens with zero attached hydrogens (tertiary/aromatic N) is 3. The van der Waals surface area contributed by atoms with Gasteiger partial charge in [-0.1, -0.05) is 41.9 Å². The normalized spacial score (nSPS) is 14.7. The first-order valence-electron chi connectivity index (χ1n) is 11.0. The van der Waals surface area contributed by atoms with Crippen molar-refractivity contribution >= 4 is 23.2 Å². The van der Waals surface area contributed by atoms with Crippen molar-refractivity contribution in [2.45, 2.75) is 12.6 Å². The van der Waals surface area contributed by atoms with Crippen LogP contribution in [0.1, 0.15) is 33.1 Å². The first kappa shape index (κ1) is 21.3. The third-order valence-electron chi connectivity index (χ3n) is 6.06. The van der Waals surface area contributed by atoms with Gasteiger partial charge >= 0.3 is 0 Å². The van der Waals surface area contributed by atoms with E-state index in [1.54, 1.807) is 4.52 Å². The molecule has 0 saturated carbocycles. The van der Waals surface area contributed by atoms with Crippen molar-refractivity contribution in [3.63, 3.8) is 0 Å². The molecule has 0 aliphatic carbocycles. The van der Waals surface area contributed by atoms with Crippen LogP contribution in [0.5, 0.6) is 5.75 Å². The van der Waals surface area contributed by atoms with Gasteiger partial charge in [-0.25, -0.2) is 13.9 Å². The molecule has 6 rings (SSSR count). The SMILES string of the molecule is O=C1NC(c2cc(F)ccc2Cl)c2c(OCc3ccccc3)cc(-c3ccc4ncnn4c3)cc21. The van der Waals surface area contributed by atoms with Crippen LogP contribution in [0, 0.1) is 5.82 Å². The molecule has 6 nitrogen and oxygen atoms in total. The third-order valence-corrected chi connectivity index (χ3v) is 6.41. The summed E-state index contributed by atoms with van der Waals surface area (Å²) in [4.78, 5) is 17.3. The Kier molecular flexibility index (Phi) is 5.19. The van der Waals surface area contributed by atoms with Crippen LogP contribution in [-0.2, 0) is 6.61 Å². The summed E-state index contributed by atoms with van der Waals surface area (Å²) in [6.45, 7) is 0.302. The Hall–Kier alpha value is -4.23. The van der Waals surface area contributed by atoms with E-state index in [1.807, 2.05) is 60.8 Å². The second-order valence-electron chi connectivity index (χ2n) is 8.26. The van der Waals surface area contributed by atoms with Gasteiger partial charge in [0.1, 0.15) is 24.5 Å². The molecule has 5 aromatic rings. The molecular weight excluding hydrogens is 467 g/mol. The predicted molar refractivity (Wildman–Crippen MR) is 130 cm³/mol. The maximum Gasteiger partial charge on any atom is 0.252 e. The lowest BCUT2D eigenvalue weighted by molar-refractivity contribution is 0.0960. The molecule has 0 fully saturated rings. The number of aromatic nitrogens is 3. The molecule has 1 aliphatic rings. The van der Waals surface area contributed by atoms with Gasteiger partial charge in [0, 0.05) is 33.5 Å². The number of carbonyl (C=O) groups is 1. The smallest absolute Gasteiger partial charge is 0.252 e. The van der Waals surface area contributed by atoms with Gasteiger partial charge in [0.15, 0.2) is 5.65 Å². The second-order valence-corrected chi connectivity index (χ2v) is 8.67. The van der Waals surface area contributed by atoms with Crippen molar-refractivity contribution in [1.29, 1.82) is 0 Å². The summed E-state index contributed by atoms with van der Waals surface area (Å²) in [6, 6.07) is 20.7. The van der Waals surface area contributed by atoms with Crippen molar-refractivity contribution in [3.8, 4) is 16.9 Å². The molecule has 1 aliphatic heterocycles. The number of fused-ring (bicyclic) bond motifs is 2. The van der Waals surface area contributed by atoms with E-state index in [9.17, 15) is 9.18 Å². The summed E-state index contributed by atoms with van der Waals surface area (Å²) in [5.74, 6) is -0.195. The summed E-state index contributed by atoms with van der Waals surface area (Å²) >= 11 is 6.41. The number of carbonyl (C=O) groups excluding carboxylic acids is 1. The van der Waals surface area contributed by atoms with Gasteiger partial charge in [-0.05, 0) is 53.6 Å². The summed E-state index contributed by atoms with van der Waals surface area (Å²) in [7, 11) is 0. The fourth-order valence-corrected chi connectivity index (χ4v) is 4.60. The van der Waals surface area contributed by atoms with Crippen LogP contribution in [0.25, 0.3) is 16.8 Å². The zero-order valence-electron chi connectivity index (χ0n) is 18.3. The fraction of sp³-hybridized carbons (Fsp3) is 0.0741. The van der Waals surface area contributed by atoms with E-state index in [0.717, 1.165) is 16.7 Å². The molecule has 0 spiro atoms. The zero-order valence-corrected chi connectivity index (χ0v) is 19.0. The lowest BCUT2D eigenvalue weighted by Crippen LogP contribution is -2.20. The number of nitrogens with one attached hydrogen (secondary N) is 1. The number of halogens is 2. The molecule has 1 amide bonds. The molecule has 3 aromatic carbocycles. The maximum absolute atomic E-state index is 14.1. The highest BCUT2D eigenvalue weighted by molar-refractivity contribution is 6.31. The second kappa shape index (κ2) is 8.52. The lowest BCUT2D eigenvalue weighted by Gasteiger charge is -2.19. The monoisotopic (exact) mass is 484 g/mol. The summed E-state index contributed by atoms with van der Waals surface area (Å²) < 4.78 is 22.1. The fourth-order valence-electron chi connectivity index (χ4n) is 4.37. The molecule has 35 heavy (non-hydrogen) atoms. The lowest BCUT2D eigenvalue weighted by atomic mass is 9.94. The van der Waals surface area contributed by atoms with Crippen LogP contribution in [0.2, 0.25) is 5.02 Å². The van der Waals surface area contributed by atoms with Crippen LogP contribution >= 0.6 is 11.6 Å². The molecule has 3 heterocycles. The van der Waals surface area contributed by atoms with Crippen LogP contribution in [-0.4, -0.2) is 20.5 Å². The van der Waals surface area contributed by atoms with Crippen molar-refractivity contribution in [1.82, 2.24) is 19.9 Å². The number of pyridine rings is 1. The van der Waals surface area contributed by atoms with Crippen molar-refractivity contribution < 1.29 is 13.9 Å². The first-order chi connectivity index (χ1) is 17.1. The maximum atomic E-state index is 14.1. The van der Waals surface area contributed by atoms with E-state index in [0.29, 0.717) is 39.7 Å². The summed E-state index contributed by atoms with van der Waals surface area (Å²) in [5.41, 5.74) is 4.88. The minimum Gasteiger partial charge on any atom is -0.488 e. The quantitative estimate of drug-likeness (QED) is 0.352. The van der Waals surface area contributed by atoms with Crippen molar-refractivity contribution in [3.05, 3.63) is 118 Å². The molecule has 0 saturated heterocycles. The Labute approximate surface area is 205 Å². The van der Waals surface area contributed by atoms with Crippen molar-refractivity contribution in [2.75, 3.05) is 0 Å². The van der Waals surface area contributed by atoms with Crippen LogP contribution in [0.15, 0.2) is 85.3 Å². The number of rotatable bonds is 5. The van der Waals surface area contributed by atoms with Crippen molar-refractivity contribution in [2.24, 2.45) is 0 Å². The van der Waals surface area contributed by atoms with Gasteiger partial charge < -0.3 is 10.1 Å². The Bertz CT molecular complexity index is 1590. The molecular formula is C27H18ClFN4O2. The first-order valence-corrected chi connectivity index (χ1v) is 11.3.